The summed E-state index contributed by atoms with van der Waals surface area (Å²) in [5.74, 6) is 0. The monoisotopic (exact) mass is 322 g/mol. The van der Waals surface area contributed by atoms with Crippen LogP contribution in [0.5, 0.6) is 0 Å². The molecular formula is C12H26N4O6. The maximum atomic E-state index is 10.2. The van der Waals surface area contributed by atoms with Gasteiger partial charge in [-0.15, -0.1) is 0 Å². The van der Waals surface area contributed by atoms with Gasteiger partial charge in [-0.05, 0) is 25.9 Å². The lowest BCUT2D eigenvalue weighted by Crippen LogP contribution is -2.38. The van der Waals surface area contributed by atoms with Gasteiger partial charge in [-0.1, -0.05) is 0 Å². The Morgan fingerprint density at radius 1 is 0.727 bits per heavy atom. The van der Waals surface area contributed by atoms with E-state index in [9.17, 15) is 19.8 Å². The molecule has 0 spiro atoms. The Morgan fingerprint density at radius 3 is 1.41 bits per heavy atom. The summed E-state index contributed by atoms with van der Waals surface area (Å²) in [4.78, 5) is 20.4. The molecule has 130 valence electrons. The van der Waals surface area contributed by atoms with Gasteiger partial charge in [-0.25, -0.2) is 9.59 Å². The second-order valence-corrected chi connectivity index (χ2v) is 4.80. The Bertz CT molecular complexity index is 288. The molecule has 2 atom stereocenters. The molecule has 0 aliphatic rings. The van der Waals surface area contributed by atoms with Crippen LogP contribution >= 0.6 is 0 Å². The molecule has 0 bridgehead atoms. The van der Waals surface area contributed by atoms with Crippen molar-refractivity contribution < 1.29 is 30.0 Å². The zero-order valence-corrected chi connectivity index (χ0v) is 12.4. The van der Waals surface area contributed by atoms with E-state index in [4.69, 9.17) is 10.2 Å². The molecule has 2 unspecified atom stereocenters. The van der Waals surface area contributed by atoms with Crippen molar-refractivity contribution in [2.24, 2.45) is 0 Å². The first-order valence-electron chi connectivity index (χ1n) is 7.13. The van der Waals surface area contributed by atoms with Crippen molar-refractivity contribution in [1.29, 1.82) is 0 Å². The molecule has 22 heavy (non-hydrogen) atoms. The molecule has 10 heteroatoms. The molecule has 0 aliphatic heterocycles. The molecular weight excluding hydrogens is 296 g/mol. The van der Waals surface area contributed by atoms with Crippen LogP contribution in [0, 0.1) is 0 Å². The molecule has 0 radical (unpaired) electrons. The molecule has 8 N–H and O–H groups in total. The molecule has 2 amide bonds. The molecule has 0 aromatic heterocycles. The van der Waals surface area contributed by atoms with Crippen LogP contribution in [-0.4, -0.2) is 84.1 Å². The summed E-state index contributed by atoms with van der Waals surface area (Å²) in [5.41, 5.74) is 0. The quantitative estimate of drug-likeness (QED) is 0.184. The summed E-state index contributed by atoms with van der Waals surface area (Å²) < 4.78 is 0. The second-order valence-electron chi connectivity index (χ2n) is 4.80. The van der Waals surface area contributed by atoms with Crippen molar-refractivity contribution in [1.82, 2.24) is 21.3 Å². The Hall–Kier alpha value is -1.62. The highest BCUT2D eigenvalue weighted by Crippen LogP contribution is 1.87. The molecule has 0 saturated heterocycles. The number of aliphatic hydroxyl groups excluding tert-OH is 2. The first-order valence-corrected chi connectivity index (χ1v) is 7.13. The minimum absolute atomic E-state index is 0.00778. The molecule has 0 fully saturated rings. The summed E-state index contributed by atoms with van der Waals surface area (Å²) in [6.45, 7) is 1.99. The number of rotatable bonds is 13. The van der Waals surface area contributed by atoms with Gasteiger partial charge in [0.2, 0.25) is 0 Å². The van der Waals surface area contributed by atoms with Gasteiger partial charge in [-0.3, -0.25) is 0 Å². The van der Waals surface area contributed by atoms with Gasteiger partial charge in [0.15, 0.2) is 0 Å². The van der Waals surface area contributed by atoms with Crippen LogP contribution in [0.2, 0.25) is 0 Å². The fourth-order valence-corrected chi connectivity index (χ4v) is 1.59. The Kier molecular flexibility index (Phi) is 12.1. The Labute approximate surface area is 128 Å². The van der Waals surface area contributed by atoms with E-state index in [0.717, 1.165) is 12.8 Å². The van der Waals surface area contributed by atoms with Crippen LogP contribution in [-0.2, 0) is 0 Å². The molecule has 10 nitrogen and oxygen atoms in total. The van der Waals surface area contributed by atoms with E-state index in [-0.39, 0.29) is 13.1 Å². The zero-order valence-electron chi connectivity index (χ0n) is 12.4. The van der Waals surface area contributed by atoms with Crippen LogP contribution in [0.25, 0.3) is 0 Å². The molecule has 0 rings (SSSR count). The largest absolute Gasteiger partial charge is 0.465 e. The number of unbranched alkanes of at least 4 members (excludes halogenated alkanes) is 1. The van der Waals surface area contributed by atoms with E-state index in [0.29, 0.717) is 26.2 Å². The van der Waals surface area contributed by atoms with Crippen molar-refractivity contribution in [2.75, 3.05) is 39.3 Å². The normalized spacial score (nSPS) is 13.4. The van der Waals surface area contributed by atoms with E-state index in [1.807, 2.05) is 0 Å². The fraction of sp³-hybridized carbons (Fsp3) is 0.833. The van der Waals surface area contributed by atoms with Crippen molar-refractivity contribution >= 4 is 12.2 Å². The highest BCUT2D eigenvalue weighted by atomic mass is 16.4. The topological polar surface area (TPSA) is 163 Å². The van der Waals surface area contributed by atoms with Crippen molar-refractivity contribution in [3.05, 3.63) is 0 Å². The standard InChI is InChI=1S/C12H26N4O6/c17-9(7-15-11(19)20)5-13-3-1-2-4-14-6-10(18)8-16-12(21)22/h9-10,13-18H,1-8H2,(H,19,20)(H,21,22). The van der Waals surface area contributed by atoms with Crippen molar-refractivity contribution in [2.45, 2.75) is 25.0 Å². The molecule has 0 aromatic carbocycles. The first kappa shape index (κ1) is 20.4. The van der Waals surface area contributed by atoms with E-state index in [2.05, 4.69) is 21.3 Å². The number of carbonyl (C=O) groups is 2. The van der Waals surface area contributed by atoms with Crippen molar-refractivity contribution in [3.63, 3.8) is 0 Å². The average Bonchev–Trinajstić information content (AvgIpc) is 2.45. The second kappa shape index (κ2) is 13.1. The van der Waals surface area contributed by atoms with E-state index < -0.39 is 24.4 Å². The van der Waals surface area contributed by atoms with Crippen LogP contribution in [0.1, 0.15) is 12.8 Å². The number of hydrogen-bond donors (Lipinski definition) is 8. The minimum atomic E-state index is -1.16. The smallest absolute Gasteiger partial charge is 0.404 e. The Balaban J connectivity index is 3.29. The Morgan fingerprint density at radius 2 is 1.09 bits per heavy atom. The maximum Gasteiger partial charge on any atom is 0.404 e. The van der Waals surface area contributed by atoms with Crippen molar-refractivity contribution in [3.8, 4) is 0 Å². The lowest BCUT2D eigenvalue weighted by atomic mass is 10.2. The van der Waals surface area contributed by atoms with Gasteiger partial charge in [-0.2, -0.15) is 0 Å². The number of amides is 2. The highest BCUT2D eigenvalue weighted by Gasteiger charge is 2.05. The number of nitrogens with one attached hydrogen (secondary N) is 4. The van der Waals surface area contributed by atoms with E-state index >= 15 is 0 Å². The number of hydrogen-bond acceptors (Lipinski definition) is 6. The lowest BCUT2D eigenvalue weighted by Gasteiger charge is -2.12. The summed E-state index contributed by atoms with van der Waals surface area (Å²) in [6.07, 6.45) is -2.13. The number of carboxylic acid groups (broad SMARTS) is 2. The predicted molar refractivity (Wildman–Crippen MR) is 79.0 cm³/mol. The first-order chi connectivity index (χ1) is 10.4. The van der Waals surface area contributed by atoms with Gasteiger partial charge < -0.3 is 41.7 Å². The van der Waals surface area contributed by atoms with Gasteiger partial charge in [0.25, 0.3) is 0 Å². The molecule has 0 heterocycles. The predicted octanol–water partition coefficient (Wildman–Crippen LogP) is -1.80. The molecule has 0 aromatic rings. The maximum absolute atomic E-state index is 10.2. The van der Waals surface area contributed by atoms with Crippen LogP contribution in [0.15, 0.2) is 0 Å². The third-order valence-electron chi connectivity index (χ3n) is 2.69. The van der Waals surface area contributed by atoms with Crippen LogP contribution < -0.4 is 21.3 Å². The fourth-order valence-electron chi connectivity index (χ4n) is 1.59. The summed E-state index contributed by atoms with van der Waals surface area (Å²) >= 11 is 0. The summed E-state index contributed by atoms with van der Waals surface area (Å²) in [6, 6.07) is 0. The molecule has 0 aliphatic carbocycles. The van der Waals surface area contributed by atoms with E-state index in [1.54, 1.807) is 0 Å². The van der Waals surface area contributed by atoms with Crippen LogP contribution in [0.4, 0.5) is 9.59 Å². The van der Waals surface area contributed by atoms with Gasteiger partial charge in [0, 0.05) is 26.2 Å². The molecule has 0 saturated carbocycles. The average molecular weight is 322 g/mol. The highest BCUT2D eigenvalue weighted by molar-refractivity contribution is 5.64. The third kappa shape index (κ3) is 14.8. The minimum Gasteiger partial charge on any atom is -0.465 e. The van der Waals surface area contributed by atoms with Gasteiger partial charge in [0.05, 0.1) is 12.2 Å². The number of aliphatic hydroxyl groups is 2. The summed E-state index contributed by atoms with van der Waals surface area (Å²) in [5, 5.41) is 45.7. The van der Waals surface area contributed by atoms with Crippen LogP contribution in [0.3, 0.4) is 0 Å². The zero-order chi connectivity index (χ0) is 16.8. The third-order valence-corrected chi connectivity index (χ3v) is 2.69. The lowest BCUT2D eigenvalue weighted by molar-refractivity contribution is 0.154. The van der Waals surface area contributed by atoms with Gasteiger partial charge in [0.1, 0.15) is 0 Å². The summed E-state index contributed by atoms with van der Waals surface area (Å²) in [7, 11) is 0. The van der Waals surface area contributed by atoms with Gasteiger partial charge >= 0.3 is 12.2 Å². The van der Waals surface area contributed by atoms with E-state index in [1.165, 1.54) is 0 Å². The SMILES string of the molecule is O=C(O)NCC(O)CNCCCCNCC(O)CNC(=O)O.